The van der Waals surface area contributed by atoms with Crippen LogP contribution in [0.3, 0.4) is 0 Å². The van der Waals surface area contributed by atoms with Gasteiger partial charge in [-0.3, -0.25) is 4.57 Å². The molecule has 0 atom stereocenters. The van der Waals surface area contributed by atoms with Gasteiger partial charge in [0.1, 0.15) is 22.8 Å². The van der Waals surface area contributed by atoms with Gasteiger partial charge in [0.25, 0.3) is 0 Å². The number of fused-ring (bicyclic) bond motifs is 4. The minimum absolute atomic E-state index is 0.266. The monoisotopic (exact) mass is 606 g/mol. The van der Waals surface area contributed by atoms with E-state index in [1.54, 1.807) is 0 Å². The predicted octanol–water partition coefficient (Wildman–Crippen LogP) is 11.7. The molecule has 0 fully saturated rings. The van der Waals surface area contributed by atoms with Gasteiger partial charge in [-0.15, -0.1) is 0 Å². The number of imidazole rings is 1. The van der Waals surface area contributed by atoms with Gasteiger partial charge in [0.15, 0.2) is 0 Å². The summed E-state index contributed by atoms with van der Waals surface area (Å²) in [6, 6.07) is 54.7. The maximum absolute atomic E-state index is 14.0. The summed E-state index contributed by atoms with van der Waals surface area (Å²) in [6.07, 6.45) is 0. The Balaban J connectivity index is 1.30. The van der Waals surface area contributed by atoms with E-state index in [0.29, 0.717) is 0 Å². The van der Waals surface area contributed by atoms with Gasteiger partial charge in [0.05, 0.1) is 16.6 Å². The Labute approximate surface area is 270 Å². The molecule has 222 valence electrons. The Bertz CT molecular complexity index is 2550. The van der Waals surface area contributed by atoms with Crippen molar-refractivity contribution in [3.05, 3.63) is 170 Å². The van der Waals surface area contributed by atoms with Crippen molar-refractivity contribution in [3.63, 3.8) is 0 Å². The summed E-state index contributed by atoms with van der Waals surface area (Å²) in [5.74, 6) is 0.523. The molecule has 0 unspecified atom stereocenters. The number of halogens is 1. The van der Waals surface area contributed by atoms with Gasteiger partial charge in [-0.2, -0.15) is 0 Å². The van der Waals surface area contributed by atoms with Crippen molar-refractivity contribution in [1.29, 1.82) is 0 Å². The Kier molecular flexibility index (Phi) is 6.32. The lowest BCUT2D eigenvalue weighted by atomic mass is 9.96. The van der Waals surface area contributed by atoms with Crippen molar-refractivity contribution < 1.29 is 8.81 Å². The summed E-state index contributed by atoms with van der Waals surface area (Å²) in [6.45, 7) is 0. The average Bonchev–Trinajstić information content (AvgIpc) is 3.71. The van der Waals surface area contributed by atoms with Crippen molar-refractivity contribution >= 4 is 33.0 Å². The summed E-state index contributed by atoms with van der Waals surface area (Å²) in [5.41, 5.74) is 11.7. The van der Waals surface area contributed by atoms with Crippen molar-refractivity contribution in [2.75, 3.05) is 0 Å². The molecule has 0 radical (unpaired) electrons. The lowest BCUT2D eigenvalue weighted by Gasteiger charge is -2.12. The molecular weight excluding hydrogens is 579 g/mol. The molecule has 3 nitrogen and oxygen atoms in total. The Morgan fingerprint density at radius 2 is 1.11 bits per heavy atom. The third kappa shape index (κ3) is 4.62. The second kappa shape index (κ2) is 11.0. The summed E-state index contributed by atoms with van der Waals surface area (Å²) in [4.78, 5) is 5.19. The van der Waals surface area contributed by atoms with Crippen LogP contribution in [0, 0.1) is 5.82 Å². The quantitative estimate of drug-likeness (QED) is 0.195. The fraction of sp³-hybridized carbons (Fsp3) is 0. The predicted molar refractivity (Wildman–Crippen MR) is 190 cm³/mol. The number of para-hydroxylation sites is 2. The molecule has 0 saturated heterocycles. The van der Waals surface area contributed by atoms with Gasteiger partial charge in [0.2, 0.25) is 0 Å². The topological polar surface area (TPSA) is 31.0 Å². The van der Waals surface area contributed by atoms with Crippen LogP contribution in [0.1, 0.15) is 0 Å². The first kappa shape index (κ1) is 27.1. The Hall–Kier alpha value is -6.26. The van der Waals surface area contributed by atoms with Crippen molar-refractivity contribution in [2.45, 2.75) is 0 Å². The summed E-state index contributed by atoms with van der Waals surface area (Å²) in [5, 5.41) is 1.97. The number of nitrogens with zero attached hydrogens (tertiary/aromatic N) is 2. The van der Waals surface area contributed by atoms with Crippen LogP contribution in [-0.4, -0.2) is 9.55 Å². The van der Waals surface area contributed by atoms with Gasteiger partial charge in [-0.05, 0) is 88.0 Å². The van der Waals surface area contributed by atoms with Gasteiger partial charge in [0, 0.05) is 16.5 Å². The molecule has 0 aliphatic heterocycles. The van der Waals surface area contributed by atoms with Crippen LogP contribution in [-0.2, 0) is 0 Å². The summed E-state index contributed by atoms with van der Waals surface area (Å²) < 4.78 is 23.0. The molecule has 2 heterocycles. The number of hydrogen-bond acceptors (Lipinski definition) is 2. The Morgan fingerprint density at radius 3 is 1.85 bits per heavy atom. The second-order valence-electron chi connectivity index (χ2n) is 11.7. The number of benzene rings is 7. The molecule has 0 bridgehead atoms. The fourth-order valence-electron chi connectivity index (χ4n) is 6.64. The first-order valence-corrected chi connectivity index (χ1v) is 15.7. The zero-order valence-corrected chi connectivity index (χ0v) is 25.3. The van der Waals surface area contributed by atoms with Crippen LogP contribution in [0.15, 0.2) is 168 Å². The minimum atomic E-state index is -0.266. The highest BCUT2D eigenvalue weighted by molar-refractivity contribution is 6.16. The molecule has 9 rings (SSSR count). The normalized spacial score (nSPS) is 11.5. The van der Waals surface area contributed by atoms with E-state index in [2.05, 4.69) is 102 Å². The van der Waals surface area contributed by atoms with Gasteiger partial charge in [-0.25, -0.2) is 9.37 Å². The van der Waals surface area contributed by atoms with E-state index in [1.807, 2.05) is 54.6 Å². The number of rotatable bonds is 5. The van der Waals surface area contributed by atoms with Gasteiger partial charge < -0.3 is 4.42 Å². The van der Waals surface area contributed by atoms with Gasteiger partial charge >= 0.3 is 0 Å². The highest BCUT2D eigenvalue weighted by Crippen LogP contribution is 2.43. The maximum atomic E-state index is 14.0. The number of aromatic nitrogens is 2. The van der Waals surface area contributed by atoms with Crippen LogP contribution in [0.25, 0.3) is 83.4 Å². The molecule has 0 aliphatic rings. The van der Waals surface area contributed by atoms with E-state index in [-0.39, 0.29) is 5.82 Å². The molecule has 0 spiro atoms. The largest absolute Gasteiger partial charge is 0.455 e. The lowest BCUT2D eigenvalue weighted by Crippen LogP contribution is -1.98. The van der Waals surface area contributed by atoms with Gasteiger partial charge in [-0.1, -0.05) is 109 Å². The third-order valence-corrected chi connectivity index (χ3v) is 8.92. The van der Waals surface area contributed by atoms with Crippen molar-refractivity contribution in [1.82, 2.24) is 9.55 Å². The smallest absolute Gasteiger partial charge is 0.149 e. The third-order valence-electron chi connectivity index (χ3n) is 8.92. The highest BCUT2D eigenvalue weighted by Gasteiger charge is 2.22. The molecule has 0 saturated carbocycles. The molecule has 0 amide bonds. The molecule has 0 aliphatic carbocycles. The SMILES string of the molecule is Fc1ccc(-c2ccc(-c3nc4ccccc4n3-c3ccc(-c4ccccc4)cc3)c3oc4cc(-c5ccccc5)ccc4c23)cc1. The zero-order chi connectivity index (χ0) is 31.3. The summed E-state index contributed by atoms with van der Waals surface area (Å²) >= 11 is 0. The zero-order valence-electron chi connectivity index (χ0n) is 25.3. The second-order valence-corrected chi connectivity index (χ2v) is 11.7. The highest BCUT2D eigenvalue weighted by atomic mass is 19.1. The molecular formula is C43H27FN2O. The van der Waals surface area contributed by atoms with Crippen molar-refractivity contribution in [2.24, 2.45) is 0 Å². The molecule has 47 heavy (non-hydrogen) atoms. The van der Waals surface area contributed by atoms with Crippen LogP contribution in [0.2, 0.25) is 0 Å². The van der Waals surface area contributed by atoms with E-state index in [4.69, 9.17) is 9.40 Å². The van der Waals surface area contributed by atoms with E-state index < -0.39 is 0 Å². The molecule has 0 N–H and O–H groups in total. The van der Waals surface area contributed by atoms with Crippen LogP contribution in [0.5, 0.6) is 0 Å². The molecule has 4 heteroatoms. The van der Waals surface area contributed by atoms with E-state index in [0.717, 1.165) is 77.9 Å². The molecule has 9 aromatic rings. The van der Waals surface area contributed by atoms with E-state index >= 15 is 0 Å². The number of furan rings is 1. The van der Waals surface area contributed by atoms with Crippen LogP contribution < -0.4 is 0 Å². The maximum Gasteiger partial charge on any atom is 0.149 e. The molecule has 7 aromatic carbocycles. The lowest BCUT2D eigenvalue weighted by molar-refractivity contribution is 0.628. The van der Waals surface area contributed by atoms with Crippen LogP contribution >= 0.6 is 0 Å². The molecule has 2 aromatic heterocycles. The van der Waals surface area contributed by atoms with E-state index in [9.17, 15) is 4.39 Å². The Morgan fingerprint density at radius 1 is 0.511 bits per heavy atom. The van der Waals surface area contributed by atoms with Crippen LogP contribution in [0.4, 0.5) is 4.39 Å². The average molecular weight is 607 g/mol. The van der Waals surface area contributed by atoms with Crippen molar-refractivity contribution in [3.8, 4) is 50.5 Å². The summed E-state index contributed by atoms with van der Waals surface area (Å²) in [7, 11) is 0. The minimum Gasteiger partial charge on any atom is -0.455 e. The standard InChI is InChI=1S/C43H27FN2O/c44-33-20-15-31(16-21-33)35-25-26-37(42-41(35)36-24-19-32(27-40(36)47-42)29-11-5-2-6-12-29)43-45-38-13-7-8-14-39(38)46(43)34-22-17-30(18-23-34)28-9-3-1-4-10-28/h1-27H. The first-order valence-electron chi connectivity index (χ1n) is 15.7. The first-order chi connectivity index (χ1) is 23.2. The number of hydrogen-bond donors (Lipinski definition) is 0. The van der Waals surface area contributed by atoms with E-state index in [1.165, 1.54) is 17.7 Å². The fourth-order valence-corrected chi connectivity index (χ4v) is 6.64.